The Hall–Kier alpha value is -0.620. The van der Waals surface area contributed by atoms with E-state index in [1.54, 1.807) is 25.3 Å². The average molecular weight is 304 g/mol. The third kappa shape index (κ3) is 2.94. The molecule has 0 spiro atoms. The Balaban J connectivity index is 2.30. The van der Waals surface area contributed by atoms with Gasteiger partial charge in [-0.2, -0.15) is 4.31 Å². The maximum absolute atomic E-state index is 12.5. The van der Waals surface area contributed by atoms with Crippen LogP contribution < -0.4 is 0 Å². The predicted octanol–water partition coefficient (Wildman–Crippen LogP) is 2.14. The zero-order valence-electron chi connectivity index (χ0n) is 11.1. The molecule has 1 atom stereocenters. The Kier molecular flexibility index (Phi) is 4.50. The van der Waals surface area contributed by atoms with Gasteiger partial charge in [0, 0.05) is 26.1 Å². The van der Waals surface area contributed by atoms with Gasteiger partial charge in [0.25, 0.3) is 0 Å². The first-order valence-corrected chi connectivity index (χ1v) is 8.15. The second-order valence-electron chi connectivity index (χ2n) is 4.73. The first-order valence-electron chi connectivity index (χ1n) is 6.17. The predicted molar refractivity (Wildman–Crippen MR) is 74.9 cm³/mol. The Morgan fingerprint density at radius 3 is 2.79 bits per heavy atom. The second-order valence-corrected chi connectivity index (χ2v) is 6.94. The molecule has 4 nitrogen and oxygen atoms in total. The van der Waals surface area contributed by atoms with Crippen molar-refractivity contribution in [2.75, 3.05) is 20.2 Å². The van der Waals surface area contributed by atoms with Crippen LogP contribution in [0, 0.1) is 6.92 Å². The molecule has 0 N–H and O–H groups in total. The summed E-state index contributed by atoms with van der Waals surface area (Å²) in [5, 5.41) is 0. The van der Waals surface area contributed by atoms with E-state index >= 15 is 0 Å². The molecule has 1 aliphatic heterocycles. The number of benzene rings is 1. The molecule has 0 aliphatic carbocycles. The molecule has 1 fully saturated rings. The highest BCUT2D eigenvalue weighted by Gasteiger charge is 2.32. The lowest BCUT2D eigenvalue weighted by atomic mass is 10.1. The van der Waals surface area contributed by atoms with Crippen molar-refractivity contribution in [2.24, 2.45) is 0 Å². The van der Waals surface area contributed by atoms with Gasteiger partial charge in [0.05, 0.1) is 11.0 Å². The van der Waals surface area contributed by atoms with E-state index in [-0.39, 0.29) is 6.10 Å². The molecule has 0 aromatic heterocycles. The summed E-state index contributed by atoms with van der Waals surface area (Å²) in [6, 6.07) is 5.10. The van der Waals surface area contributed by atoms with Crippen LogP contribution in [0.2, 0.25) is 0 Å². The average Bonchev–Trinajstić information content (AvgIpc) is 2.88. The molecule has 2 rings (SSSR count). The Labute approximate surface area is 119 Å². The first kappa shape index (κ1) is 14.8. The summed E-state index contributed by atoms with van der Waals surface area (Å²) < 4.78 is 31.7. The number of alkyl halides is 1. The highest BCUT2D eigenvalue weighted by Crippen LogP contribution is 2.24. The lowest BCUT2D eigenvalue weighted by Crippen LogP contribution is -2.30. The fourth-order valence-electron chi connectivity index (χ4n) is 2.21. The molecule has 1 aliphatic rings. The topological polar surface area (TPSA) is 46.6 Å². The van der Waals surface area contributed by atoms with E-state index in [0.29, 0.717) is 23.9 Å². The number of hydrogen-bond donors (Lipinski definition) is 0. The van der Waals surface area contributed by atoms with Crippen molar-refractivity contribution in [3.63, 3.8) is 0 Å². The number of nitrogens with zero attached hydrogens (tertiary/aromatic N) is 1. The SMILES string of the molecule is COC1CCN(S(=O)(=O)c2ccc(C)c(CCl)c2)C1. The monoisotopic (exact) mass is 303 g/mol. The number of sulfonamides is 1. The summed E-state index contributed by atoms with van der Waals surface area (Å²) in [7, 11) is -1.83. The maximum Gasteiger partial charge on any atom is 0.243 e. The van der Waals surface area contributed by atoms with E-state index in [2.05, 4.69) is 0 Å². The summed E-state index contributed by atoms with van der Waals surface area (Å²) in [6.45, 7) is 2.85. The van der Waals surface area contributed by atoms with E-state index in [0.717, 1.165) is 17.5 Å². The third-order valence-electron chi connectivity index (χ3n) is 3.54. The van der Waals surface area contributed by atoms with Crippen LogP contribution in [0.3, 0.4) is 0 Å². The van der Waals surface area contributed by atoms with Gasteiger partial charge in [-0.1, -0.05) is 6.07 Å². The van der Waals surface area contributed by atoms with Crippen molar-refractivity contribution in [2.45, 2.75) is 30.2 Å². The van der Waals surface area contributed by atoms with E-state index in [1.165, 1.54) is 4.31 Å². The molecule has 19 heavy (non-hydrogen) atoms. The normalized spacial score (nSPS) is 20.9. The summed E-state index contributed by atoms with van der Waals surface area (Å²) in [5.41, 5.74) is 1.86. The largest absolute Gasteiger partial charge is 0.380 e. The van der Waals surface area contributed by atoms with Crippen LogP contribution in [0.25, 0.3) is 0 Å². The molecule has 0 bridgehead atoms. The minimum Gasteiger partial charge on any atom is -0.380 e. The minimum absolute atomic E-state index is 0.00674. The maximum atomic E-state index is 12.5. The number of methoxy groups -OCH3 is 1. The minimum atomic E-state index is -3.44. The molecular formula is C13H18ClNO3S. The molecule has 6 heteroatoms. The van der Waals surface area contributed by atoms with Crippen LogP contribution in [0.1, 0.15) is 17.5 Å². The summed E-state index contributed by atoms with van der Waals surface area (Å²) >= 11 is 5.83. The smallest absolute Gasteiger partial charge is 0.243 e. The highest BCUT2D eigenvalue weighted by atomic mass is 35.5. The summed E-state index contributed by atoms with van der Waals surface area (Å²) in [5.74, 6) is 0.315. The standard InChI is InChI=1S/C13H18ClNO3S/c1-10-3-4-13(7-11(10)8-14)19(16,17)15-6-5-12(9-15)18-2/h3-4,7,12H,5-6,8-9H2,1-2H3. The number of hydrogen-bond acceptors (Lipinski definition) is 3. The van der Waals surface area contributed by atoms with Crippen molar-refractivity contribution in [3.05, 3.63) is 29.3 Å². The summed E-state index contributed by atoms with van der Waals surface area (Å²) in [4.78, 5) is 0.311. The molecule has 1 aromatic carbocycles. The van der Waals surface area contributed by atoms with Crippen molar-refractivity contribution in [3.8, 4) is 0 Å². The van der Waals surface area contributed by atoms with Gasteiger partial charge in [0.2, 0.25) is 10.0 Å². The van der Waals surface area contributed by atoms with Crippen molar-refractivity contribution in [1.82, 2.24) is 4.31 Å². The van der Waals surface area contributed by atoms with Gasteiger partial charge in [-0.15, -0.1) is 11.6 Å². The van der Waals surface area contributed by atoms with Crippen LogP contribution >= 0.6 is 11.6 Å². The summed E-state index contributed by atoms with van der Waals surface area (Å²) in [6.07, 6.45) is 0.733. The molecule has 1 aromatic rings. The zero-order valence-corrected chi connectivity index (χ0v) is 12.7. The number of rotatable bonds is 4. The van der Waals surface area contributed by atoms with Gasteiger partial charge >= 0.3 is 0 Å². The van der Waals surface area contributed by atoms with Gasteiger partial charge < -0.3 is 4.74 Å². The van der Waals surface area contributed by atoms with E-state index in [4.69, 9.17) is 16.3 Å². The highest BCUT2D eigenvalue weighted by molar-refractivity contribution is 7.89. The van der Waals surface area contributed by atoms with Gasteiger partial charge in [-0.05, 0) is 36.6 Å². The number of aryl methyl sites for hydroxylation is 1. The molecule has 0 radical (unpaired) electrons. The first-order chi connectivity index (χ1) is 8.98. The van der Waals surface area contributed by atoms with Gasteiger partial charge in [0.15, 0.2) is 0 Å². The lowest BCUT2D eigenvalue weighted by molar-refractivity contribution is 0.115. The Morgan fingerprint density at radius 1 is 1.47 bits per heavy atom. The van der Waals surface area contributed by atoms with Crippen molar-refractivity contribution < 1.29 is 13.2 Å². The molecule has 106 valence electrons. The van der Waals surface area contributed by atoms with Gasteiger partial charge in [0.1, 0.15) is 0 Å². The van der Waals surface area contributed by atoms with Gasteiger partial charge in [-0.3, -0.25) is 0 Å². The van der Waals surface area contributed by atoms with E-state index < -0.39 is 10.0 Å². The van der Waals surface area contributed by atoms with Crippen LogP contribution in [0.15, 0.2) is 23.1 Å². The van der Waals surface area contributed by atoms with Crippen molar-refractivity contribution in [1.29, 1.82) is 0 Å². The Bertz CT molecular complexity index is 559. The molecule has 1 saturated heterocycles. The van der Waals surface area contributed by atoms with Crippen LogP contribution in [0.4, 0.5) is 0 Å². The van der Waals surface area contributed by atoms with E-state index in [9.17, 15) is 8.42 Å². The second kappa shape index (κ2) is 5.79. The quantitative estimate of drug-likeness (QED) is 0.801. The van der Waals surface area contributed by atoms with Crippen molar-refractivity contribution >= 4 is 21.6 Å². The Morgan fingerprint density at radius 2 is 2.21 bits per heavy atom. The van der Waals surface area contributed by atoms with Crippen LogP contribution in [-0.2, 0) is 20.6 Å². The fraction of sp³-hybridized carbons (Fsp3) is 0.538. The number of ether oxygens (including phenoxy) is 1. The number of halogens is 1. The zero-order chi connectivity index (χ0) is 14.0. The molecular weight excluding hydrogens is 286 g/mol. The molecule has 1 heterocycles. The molecule has 1 unspecified atom stereocenters. The fourth-order valence-corrected chi connectivity index (χ4v) is 4.04. The molecule has 0 saturated carbocycles. The van der Waals surface area contributed by atoms with E-state index in [1.807, 2.05) is 6.92 Å². The lowest BCUT2D eigenvalue weighted by Gasteiger charge is -2.17. The molecule has 0 amide bonds. The van der Waals surface area contributed by atoms with Crippen LogP contribution in [-0.4, -0.2) is 39.0 Å². The van der Waals surface area contributed by atoms with Crippen LogP contribution in [0.5, 0.6) is 0 Å². The van der Waals surface area contributed by atoms with Gasteiger partial charge in [-0.25, -0.2) is 8.42 Å². The third-order valence-corrected chi connectivity index (χ3v) is 5.69.